The standard InChI is InChI=1S/C22H21F2N3O2/c23-17-7-4-8-18(24)16(17)14-27-11-9-19-20(10-12-27)29-22(26-19)21(28)25-13-15-5-2-1-3-6-15/h1-8H,9-14H2,(H,25,28). The number of nitrogens with one attached hydrogen (secondary N) is 1. The number of hydrogen-bond donors (Lipinski definition) is 1. The lowest BCUT2D eigenvalue weighted by Gasteiger charge is -2.20. The van der Waals surface area contributed by atoms with Gasteiger partial charge in [-0.05, 0) is 17.7 Å². The number of carbonyl (C=O) groups is 1. The number of rotatable bonds is 5. The van der Waals surface area contributed by atoms with Gasteiger partial charge in [-0.25, -0.2) is 13.8 Å². The monoisotopic (exact) mass is 397 g/mol. The highest BCUT2D eigenvalue weighted by atomic mass is 19.1. The molecule has 1 amide bonds. The molecule has 0 unspecified atom stereocenters. The van der Waals surface area contributed by atoms with E-state index in [1.165, 1.54) is 18.2 Å². The first-order chi connectivity index (χ1) is 14.1. The van der Waals surface area contributed by atoms with Gasteiger partial charge in [0.15, 0.2) is 0 Å². The Morgan fingerprint density at radius 1 is 1.03 bits per heavy atom. The third-order valence-corrected chi connectivity index (χ3v) is 5.03. The van der Waals surface area contributed by atoms with Crippen LogP contribution in [-0.4, -0.2) is 28.9 Å². The molecule has 1 aliphatic rings. The molecule has 5 nitrogen and oxygen atoms in total. The molecule has 0 bridgehead atoms. The summed E-state index contributed by atoms with van der Waals surface area (Å²) in [5.41, 5.74) is 1.79. The molecule has 0 aliphatic carbocycles. The summed E-state index contributed by atoms with van der Waals surface area (Å²) in [6.07, 6.45) is 1.09. The van der Waals surface area contributed by atoms with Crippen LogP contribution in [0, 0.1) is 11.6 Å². The van der Waals surface area contributed by atoms with Gasteiger partial charge in [-0.1, -0.05) is 36.4 Å². The fourth-order valence-electron chi connectivity index (χ4n) is 3.43. The van der Waals surface area contributed by atoms with Crippen molar-refractivity contribution in [3.05, 3.63) is 88.6 Å². The Balaban J connectivity index is 1.37. The molecular formula is C22H21F2N3O2. The van der Waals surface area contributed by atoms with Crippen LogP contribution >= 0.6 is 0 Å². The first-order valence-corrected chi connectivity index (χ1v) is 9.56. The average molecular weight is 397 g/mol. The normalized spacial score (nSPS) is 14.3. The van der Waals surface area contributed by atoms with E-state index in [1.54, 1.807) is 0 Å². The number of hydrogen-bond acceptors (Lipinski definition) is 4. The van der Waals surface area contributed by atoms with Crippen molar-refractivity contribution in [2.45, 2.75) is 25.9 Å². The topological polar surface area (TPSA) is 58.4 Å². The third-order valence-electron chi connectivity index (χ3n) is 5.03. The van der Waals surface area contributed by atoms with Crippen LogP contribution < -0.4 is 5.32 Å². The largest absolute Gasteiger partial charge is 0.437 e. The zero-order valence-electron chi connectivity index (χ0n) is 15.8. The summed E-state index contributed by atoms with van der Waals surface area (Å²) in [4.78, 5) is 18.7. The number of amides is 1. The van der Waals surface area contributed by atoms with E-state index in [-0.39, 0.29) is 23.9 Å². The first kappa shape index (κ1) is 19.3. The van der Waals surface area contributed by atoms with Crippen LogP contribution in [0.5, 0.6) is 0 Å². The summed E-state index contributed by atoms with van der Waals surface area (Å²) in [5.74, 6) is -0.721. The van der Waals surface area contributed by atoms with E-state index in [0.717, 1.165) is 11.3 Å². The number of halogens is 2. The molecule has 3 aromatic rings. The maximum atomic E-state index is 13.9. The van der Waals surface area contributed by atoms with Gasteiger partial charge in [0.25, 0.3) is 5.89 Å². The van der Waals surface area contributed by atoms with Crippen LogP contribution in [-0.2, 0) is 25.9 Å². The highest BCUT2D eigenvalue weighted by Gasteiger charge is 2.23. The van der Waals surface area contributed by atoms with E-state index in [0.29, 0.717) is 38.2 Å². The van der Waals surface area contributed by atoms with Gasteiger partial charge in [-0.15, -0.1) is 0 Å². The Morgan fingerprint density at radius 2 is 1.76 bits per heavy atom. The number of benzene rings is 2. The molecule has 2 aromatic carbocycles. The van der Waals surface area contributed by atoms with Gasteiger partial charge >= 0.3 is 5.91 Å². The Bertz CT molecular complexity index is 959. The first-order valence-electron chi connectivity index (χ1n) is 9.56. The average Bonchev–Trinajstić information content (AvgIpc) is 3.05. The molecule has 29 heavy (non-hydrogen) atoms. The summed E-state index contributed by atoms with van der Waals surface area (Å²) in [6, 6.07) is 13.5. The second kappa shape index (κ2) is 8.53. The van der Waals surface area contributed by atoms with Crippen LogP contribution in [0.3, 0.4) is 0 Å². The molecule has 0 spiro atoms. The predicted octanol–water partition coefficient (Wildman–Crippen LogP) is 3.48. The Labute approximate surface area is 167 Å². The summed E-state index contributed by atoms with van der Waals surface area (Å²) >= 11 is 0. The van der Waals surface area contributed by atoms with Crippen molar-refractivity contribution < 1.29 is 18.0 Å². The number of fused-ring (bicyclic) bond motifs is 1. The van der Waals surface area contributed by atoms with E-state index in [1.807, 2.05) is 35.2 Å². The molecule has 0 fully saturated rings. The van der Waals surface area contributed by atoms with Crippen molar-refractivity contribution in [2.75, 3.05) is 13.1 Å². The SMILES string of the molecule is O=C(NCc1ccccc1)c1nc2c(o1)CCN(Cc1c(F)cccc1F)CC2. The maximum absolute atomic E-state index is 13.9. The van der Waals surface area contributed by atoms with Crippen molar-refractivity contribution in [3.63, 3.8) is 0 Å². The Morgan fingerprint density at radius 3 is 2.52 bits per heavy atom. The highest BCUT2D eigenvalue weighted by Crippen LogP contribution is 2.20. The lowest BCUT2D eigenvalue weighted by molar-refractivity contribution is 0.0914. The molecule has 7 heteroatoms. The molecule has 2 heterocycles. The molecule has 0 atom stereocenters. The molecular weight excluding hydrogens is 376 g/mol. The fraction of sp³-hybridized carbons (Fsp3) is 0.273. The van der Waals surface area contributed by atoms with Crippen molar-refractivity contribution in [1.29, 1.82) is 0 Å². The van der Waals surface area contributed by atoms with Gasteiger partial charge in [0.1, 0.15) is 17.4 Å². The van der Waals surface area contributed by atoms with Crippen LogP contribution in [0.15, 0.2) is 52.9 Å². The van der Waals surface area contributed by atoms with Crippen molar-refractivity contribution in [1.82, 2.24) is 15.2 Å². The molecule has 1 aromatic heterocycles. The summed E-state index contributed by atoms with van der Waals surface area (Å²) < 4.78 is 33.5. The van der Waals surface area contributed by atoms with E-state index in [2.05, 4.69) is 10.3 Å². The van der Waals surface area contributed by atoms with Gasteiger partial charge < -0.3 is 9.73 Å². The molecule has 1 N–H and O–H groups in total. The molecule has 0 saturated heterocycles. The van der Waals surface area contributed by atoms with E-state index < -0.39 is 11.6 Å². The van der Waals surface area contributed by atoms with Gasteiger partial charge in [0.05, 0.1) is 5.69 Å². The van der Waals surface area contributed by atoms with Gasteiger partial charge in [0, 0.05) is 44.6 Å². The molecule has 4 rings (SSSR count). The number of nitrogens with zero attached hydrogens (tertiary/aromatic N) is 2. The molecule has 1 aliphatic heterocycles. The van der Waals surface area contributed by atoms with Gasteiger partial charge in [0.2, 0.25) is 0 Å². The second-order valence-corrected chi connectivity index (χ2v) is 7.03. The second-order valence-electron chi connectivity index (χ2n) is 7.03. The minimum absolute atomic E-state index is 0.0551. The van der Waals surface area contributed by atoms with Crippen molar-refractivity contribution in [2.24, 2.45) is 0 Å². The number of oxazole rings is 1. The van der Waals surface area contributed by atoms with E-state index in [9.17, 15) is 13.6 Å². The van der Waals surface area contributed by atoms with Crippen molar-refractivity contribution in [3.8, 4) is 0 Å². The van der Waals surface area contributed by atoms with E-state index >= 15 is 0 Å². The fourth-order valence-corrected chi connectivity index (χ4v) is 3.43. The minimum atomic E-state index is -0.540. The maximum Gasteiger partial charge on any atom is 0.307 e. The molecule has 0 radical (unpaired) electrons. The molecule has 0 saturated carbocycles. The predicted molar refractivity (Wildman–Crippen MR) is 103 cm³/mol. The van der Waals surface area contributed by atoms with Gasteiger partial charge in [-0.3, -0.25) is 9.69 Å². The lowest BCUT2D eigenvalue weighted by atomic mass is 10.2. The smallest absolute Gasteiger partial charge is 0.307 e. The third kappa shape index (κ3) is 4.51. The van der Waals surface area contributed by atoms with Crippen LogP contribution in [0.25, 0.3) is 0 Å². The molecule has 150 valence electrons. The van der Waals surface area contributed by atoms with Crippen LogP contribution in [0.4, 0.5) is 8.78 Å². The van der Waals surface area contributed by atoms with Gasteiger partial charge in [-0.2, -0.15) is 0 Å². The number of aromatic nitrogens is 1. The Kier molecular flexibility index (Phi) is 5.67. The summed E-state index contributed by atoms with van der Waals surface area (Å²) in [5, 5.41) is 2.80. The summed E-state index contributed by atoms with van der Waals surface area (Å²) in [7, 11) is 0. The minimum Gasteiger partial charge on any atom is -0.437 e. The van der Waals surface area contributed by atoms with Crippen LogP contribution in [0.2, 0.25) is 0 Å². The van der Waals surface area contributed by atoms with E-state index in [4.69, 9.17) is 4.42 Å². The zero-order chi connectivity index (χ0) is 20.2. The van der Waals surface area contributed by atoms with Crippen molar-refractivity contribution >= 4 is 5.91 Å². The summed E-state index contributed by atoms with van der Waals surface area (Å²) in [6.45, 7) is 1.74. The number of carbonyl (C=O) groups excluding carboxylic acids is 1. The Hall–Kier alpha value is -3.06. The quantitative estimate of drug-likeness (QED) is 0.716. The highest BCUT2D eigenvalue weighted by molar-refractivity contribution is 5.89. The van der Waals surface area contributed by atoms with Crippen LogP contribution in [0.1, 0.15) is 33.3 Å². The lowest BCUT2D eigenvalue weighted by Crippen LogP contribution is -2.27. The zero-order valence-corrected chi connectivity index (χ0v) is 15.8.